The lowest BCUT2D eigenvalue weighted by atomic mass is 9.98. The highest BCUT2D eigenvalue weighted by Crippen LogP contribution is 2.34. The molecule has 0 bridgehead atoms. The van der Waals surface area contributed by atoms with Crippen LogP contribution < -0.4 is 4.74 Å². The van der Waals surface area contributed by atoms with E-state index in [1.807, 2.05) is 75.4 Å². The highest BCUT2D eigenvalue weighted by molar-refractivity contribution is 7.99. The summed E-state index contributed by atoms with van der Waals surface area (Å²) < 4.78 is 7.01. The van der Waals surface area contributed by atoms with Gasteiger partial charge in [-0.15, -0.1) is 5.10 Å². The molecule has 0 saturated carbocycles. The van der Waals surface area contributed by atoms with Gasteiger partial charge in [0.25, 0.3) is 5.91 Å². The fraction of sp³-hybridized carbons (Fsp3) is 0.348. The molecular formula is C23H26N6O2S. The van der Waals surface area contributed by atoms with Crippen molar-refractivity contribution in [3.8, 4) is 5.75 Å². The summed E-state index contributed by atoms with van der Waals surface area (Å²) in [6.07, 6.45) is 0.645. The third-order valence-corrected chi connectivity index (χ3v) is 6.08. The Kier molecular flexibility index (Phi) is 6.27. The van der Waals surface area contributed by atoms with Crippen LogP contribution in [0.4, 0.5) is 0 Å². The van der Waals surface area contributed by atoms with Gasteiger partial charge in [-0.1, -0.05) is 54.2 Å². The minimum absolute atomic E-state index is 0.0924. The minimum Gasteiger partial charge on any atom is -0.497 e. The summed E-state index contributed by atoms with van der Waals surface area (Å²) in [4.78, 5) is 13.3. The van der Waals surface area contributed by atoms with Gasteiger partial charge in [0.1, 0.15) is 5.75 Å². The molecule has 32 heavy (non-hydrogen) atoms. The third-order valence-electron chi connectivity index (χ3n) is 5.17. The Morgan fingerprint density at radius 3 is 2.50 bits per heavy atom. The van der Waals surface area contributed by atoms with Crippen molar-refractivity contribution < 1.29 is 9.53 Å². The minimum atomic E-state index is -0.271. The molecular weight excluding hydrogens is 424 g/mol. The second-order valence-electron chi connectivity index (χ2n) is 8.48. The number of amides is 1. The summed E-state index contributed by atoms with van der Waals surface area (Å²) in [7, 11) is 1.64. The van der Waals surface area contributed by atoms with Gasteiger partial charge in [-0.2, -0.15) is 5.10 Å². The maximum absolute atomic E-state index is 13.3. The molecule has 1 aromatic heterocycles. The van der Waals surface area contributed by atoms with Gasteiger partial charge in [0.05, 0.1) is 30.2 Å². The van der Waals surface area contributed by atoms with Crippen LogP contribution in [-0.4, -0.2) is 49.7 Å². The van der Waals surface area contributed by atoms with E-state index in [1.165, 1.54) is 11.8 Å². The van der Waals surface area contributed by atoms with E-state index < -0.39 is 0 Å². The number of carbonyl (C=O) groups excluding carboxylic acids is 1. The number of hydrogen-bond acceptors (Lipinski definition) is 7. The molecule has 0 aliphatic carbocycles. The first-order valence-electron chi connectivity index (χ1n) is 10.4. The van der Waals surface area contributed by atoms with Crippen LogP contribution in [0.1, 0.15) is 44.4 Å². The monoisotopic (exact) mass is 450 g/mol. The van der Waals surface area contributed by atoms with Gasteiger partial charge in [0.2, 0.25) is 5.16 Å². The zero-order chi connectivity index (χ0) is 22.7. The second-order valence-corrected chi connectivity index (χ2v) is 9.42. The number of benzene rings is 2. The van der Waals surface area contributed by atoms with Gasteiger partial charge in [-0.05, 0) is 54.5 Å². The average molecular weight is 451 g/mol. The maximum atomic E-state index is 13.3. The standard InChI is InChI=1S/C23H26N6O2S/c1-23(2,3)29-22(24-26-27-29)32-15-21(30)28-20(17-10-12-18(31-4)13-11-17)14-19(25-28)16-8-6-5-7-9-16/h5-13,20H,14-15H2,1-4H3/t20-/m0/s1. The maximum Gasteiger partial charge on any atom is 0.253 e. The lowest BCUT2D eigenvalue weighted by molar-refractivity contribution is -0.130. The van der Waals surface area contributed by atoms with Crippen LogP contribution in [0.25, 0.3) is 0 Å². The summed E-state index contributed by atoms with van der Waals surface area (Å²) in [6.45, 7) is 6.06. The molecule has 0 spiro atoms. The highest BCUT2D eigenvalue weighted by atomic mass is 32.2. The number of aromatic nitrogens is 4. The molecule has 0 radical (unpaired) electrons. The zero-order valence-corrected chi connectivity index (χ0v) is 19.4. The Morgan fingerprint density at radius 1 is 1.12 bits per heavy atom. The molecule has 0 unspecified atom stereocenters. The number of hydrazone groups is 1. The van der Waals surface area contributed by atoms with Gasteiger partial charge >= 0.3 is 0 Å². The number of methoxy groups -OCH3 is 1. The van der Waals surface area contributed by atoms with E-state index in [9.17, 15) is 4.79 Å². The fourth-order valence-corrected chi connectivity index (χ4v) is 4.43. The van der Waals surface area contributed by atoms with E-state index in [2.05, 4.69) is 15.5 Å². The Bertz CT molecular complexity index is 1110. The molecule has 4 rings (SSSR count). The molecule has 2 aromatic carbocycles. The summed E-state index contributed by atoms with van der Waals surface area (Å²) in [5.41, 5.74) is 2.65. The van der Waals surface area contributed by atoms with E-state index in [-0.39, 0.29) is 23.2 Å². The molecule has 0 saturated heterocycles. The van der Waals surface area contributed by atoms with Crippen molar-refractivity contribution in [2.45, 2.75) is 43.9 Å². The molecule has 1 amide bonds. The quantitative estimate of drug-likeness (QED) is 0.530. The van der Waals surface area contributed by atoms with Crippen molar-refractivity contribution in [1.29, 1.82) is 0 Å². The fourth-order valence-electron chi connectivity index (χ4n) is 3.51. The van der Waals surface area contributed by atoms with Crippen LogP contribution in [0, 0.1) is 0 Å². The normalized spacial score (nSPS) is 16.2. The average Bonchev–Trinajstić information content (AvgIpc) is 3.46. The number of hydrogen-bond donors (Lipinski definition) is 0. The molecule has 0 fully saturated rings. The first-order valence-corrected chi connectivity index (χ1v) is 11.4. The summed E-state index contributed by atoms with van der Waals surface area (Å²) >= 11 is 1.32. The van der Waals surface area contributed by atoms with Crippen molar-refractivity contribution >= 4 is 23.4 Å². The van der Waals surface area contributed by atoms with E-state index >= 15 is 0 Å². The van der Waals surface area contributed by atoms with Gasteiger partial charge in [-0.25, -0.2) is 9.69 Å². The molecule has 2 heterocycles. The summed E-state index contributed by atoms with van der Waals surface area (Å²) in [6, 6.07) is 17.6. The van der Waals surface area contributed by atoms with Crippen molar-refractivity contribution in [1.82, 2.24) is 25.2 Å². The summed E-state index contributed by atoms with van der Waals surface area (Å²) in [5.74, 6) is 0.873. The summed E-state index contributed by atoms with van der Waals surface area (Å²) in [5, 5.41) is 18.9. The number of nitrogens with zero attached hydrogens (tertiary/aromatic N) is 6. The topological polar surface area (TPSA) is 85.5 Å². The predicted octanol–water partition coefficient (Wildman–Crippen LogP) is 3.91. The first-order chi connectivity index (χ1) is 15.4. The van der Waals surface area contributed by atoms with Gasteiger partial charge in [0.15, 0.2) is 0 Å². The smallest absolute Gasteiger partial charge is 0.253 e. The number of thioether (sulfide) groups is 1. The van der Waals surface area contributed by atoms with Crippen LogP contribution in [0.2, 0.25) is 0 Å². The third kappa shape index (κ3) is 4.67. The molecule has 9 heteroatoms. The molecule has 1 aliphatic heterocycles. The van der Waals surface area contributed by atoms with E-state index in [0.717, 1.165) is 22.6 Å². The predicted molar refractivity (Wildman–Crippen MR) is 124 cm³/mol. The van der Waals surface area contributed by atoms with Crippen molar-refractivity contribution in [3.05, 3.63) is 65.7 Å². The molecule has 0 N–H and O–H groups in total. The molecule has 166 valence electrons. The van der Waals surface area contributed by atoms with Crippen molar-refractivity contribution in [3.63, 3.8) is 0 Å². The van der Waals surface area contributed by atoms with Gasteiger partial charge < -0.3 is 4.74 Å². The second kappa shape index (κ2) is 9.12. The molecule has 1 aliphatic rings. The van der Waals surface area contributed by atoms with E-state index in [1.54, 1.807) is 16.8 Å². The Balaban J connectivity index is 1.57. The van der Waals surface area contributed by atoms with Crippen LogP contribution in [0.15, 0.2) is 64.9 Å². The molecule has 1 atom stereocenters. The zero-order valence-electron chi connectivity index (χ0n) is 18.6. The number of tetrazole rings is 1. The van der Waals surface area contributed by atoms with Crippen LogP contribution >= 0.6 is 11.8 Å². The van der Waals surface area contributed by atoms with Crippen molar-refractivity contribution in [2.75, 3.05) is 12.9 Å². The Hall–Kier alpha value is -3.20. The SMILES string of the molecule is COc1ccc([C@@H]2CC(c3ccccc3)=NN2C(=O)CSc2nnnn2C(C)(C)C)cc1. The first kappa shape index (κ1) is 22.0. The lowest BCUT2D eigenvalue weighted by Crippen LogP contribution is -2.29. The number of rotatable bonds is 6. The molecule has 3 aromatic rings. The highest BCUT2D eigenvalue weighted by Gasteiger charge is 2.33. The molecule has 8 nitrogen and oxygen atoms in total. The lowest BCUT2D eigenvalue weighted by Gasteiger charge is -2.23. The largest absolute Gasteiger partial charge is 0.497 e. The van der Waals surface area contributed by atoms with Crippen LogP contribution in [-0.2, 0) is 10.3 Å². The Morgan fingerprint density at radius 2 is 1.84 bits per heavy atom. The van der Waals surface area contributed by atoms with Gasteiger partial charge in [0, 0.05) is 6.42 Å². The number of ether oxygens (including phenoxy) is 1. The van der Waals surface area contributed by atoms with E-state index in [4.69, 9.17) is 9.84 Å². The van der Waals surface area contributed by atoms with Crippen LogP contribution in [0.3, 0.4) is 0 Å². The Labute approximate surface area is 191 Å². The van der Waals surface area contributed by atoms with Crippen LogP contribution in [0.5, 0.6) is 5.75 Å². The number of carbonyl (C=O) groups is 1. The van der Waals surface area contributed by atoms with Crippen molar-refractivity contribution in [2.24, 2.45) is 5.10 Å². The van der Waals surface area contributed by atoms with E-state index in [0.29, 0.717) is 11.6 Å². The van der Waals surface area contributed by atoms with Gasteiger partial charge in [-0.3, -0.25) is 4.79 Å².